The third-order valence-electron chi connectivity index (χ3n) is 7.85. The van der Waals surface area contributed by atoms with Crippen LogP contribution in [0, 0.1) is 0 Å². The lowest BCUT2D eigenvalue weighted by Gasteiger charge is -2.18. The Morgan fingerprint density at radius 3 is 1.35 bits per heavy atom. The van der Waals surface area contributed by atoms with Crippen LogP contribution < -0.4 is 0 Å². The summed E-state index contributed by atoms with van der Waals surface area (Å²) >= 11 is 0. The first-order valence-corrected chi connectivity index (χ1v) is 20.8. The van der Waals surface area contributed by atoms with E-state index in [4.69, 9.17) is 14.2 Å². The average Bonchev–Trinajstić information content (AvgIpc) is 3.18. The lowest BCUT2D eigenvalue weighted by atomic mass is 10.1. The number of esters is 3. The van der Waals surface area contributed by atoms with E-state index in [2.05, 4.69) is 75.5 Å². The van der Waals surface area contributed by atoms with Crippen LogP contribution in [0.3, 0.4) is 0 Å². The van der Waals surface area contributed by atoms with Crippen molar-refractivity contribution in [3.8, 4) is 0 Å². The maximum atomic E-state index is 12.7. The molecule has 1 atom stereocenters. The maximum absolute atomic E-state index is 12.7. The summed E-state index contributed by atoms with van der Waals surface area (Å²) in [5.74, 6) is -1.15. The molecule has 6 heteroatoms. The van der Waals surface area contributed by atoms with Crippen LogP contribution >= 0.6 is 0 Å². The normalized spacial score (nSPS) is 13.4. The highest BCUT2D eigenvalue weighted by molar-refractivity contribution is 5.72. The predicted octanol–water partition coefficient (Wildman–Crippen LogP) is 13.2. The second-order valence-electron chi connectivity index (χ2n) is 13.0. The lowest BCUT2D eigenvalue weighted by molar-refractivity contribution is -0.166. The zero-order valence-corrected chi connectivity index (χ0v) is 34.4. The van der Waals surface area contributed by atoms with Crippen molar-refractivity contribution in [1.82, 2.24) is 0 Å². The molecule has 55 heavy (non-hydrogen) atoms. The first-order chi connectivity index (χ1) is 27.0. The molecule has 304 valence electrons. The van der Waals surface area contributed by atoms with Gasteiger partial charge in [0.05, 0.1) is 6.42 Å². The number of hydrogen-bond donors (Lipinski definition) is 0. The van der Waals surface area contributed by atoms with Gasteiger partial charge in [0.25, 0.3) is 0 Å². The minimum absolute atomic E-state index is 0.114. The number of allylic oxidation sites excluding steroid dienone is 21. The van der Waals surface area contributed by atoms with E-state index in [1.54, 1.807) is 6.08 Å². The molecule has 0 spiro atoms. The fourth-order valence-electron chi connectivity index (χ4n) is 4.81. The molecule has 0 saturated heterocycles. The average molecular weight is 757 g/mol. The molecule has 0 N–H and O–H groups in total. The van der Waals surface area contributed by atoms with Crippen LogP contribution in [0.5, 0.6) is 0 Å². The molecule has 0 aromatic carbocycles. The molecule has 0 fully saturated rings. The molecule has 0 heterocycles. The number of rotatable bonds is 34. The van der Waals surface area contributed by atoms with Crippen molar-refractivity contribution >= 4 is 17.9 Å². The molecule has 0 aliphatic rings. The summed E-state index contributed by atoms with van der Waals surface area (Å²) in [5.41, 5.74) is 0. The Labute approximate surface area is 334 Å². The van der Waals surface area contributed by atoms with E-state index in [-0.39, 0.29) is 38.0 Å². The van der Waals surface area contributed by atoms with Crippen molar-refractivity contribution in [3.05, 3.63) is 134 Å². The second kappa shape index (κ2) is 42.3. The van der Waals surface area contributed by atoms with E-state index in [0.29, 0.717) is 12.8 Å². The minimum Gasteiger partial charge on any atom is -0.462 e. The summed E-state index contributed by atoms with van der Waals surface area (Å²) in [5, 5.41) is 0. The molecule has 0 aliphatic heterocycles. The van der Waals surface area contributed by atoms with Gasteiger partial charge in [-0.2, -0.15) is 0 Å². The van der Waals surface area contributed by atoms with Gasteiger partial charge in [0, 0.05) is 12.8 Å². The Morgan fingerprint density at radius 2 is 0.800 bits per heavy atom. The van der Waals surface area contributed by atoms with Crippen molar-refractivity contribution in [2.45, 2.75) is 142 Å². The quantitative estimate of drug-likeness (QED) is 0.0214. The highest BCUT2D eigenvalue weighted by Crippen LogP contribution is 2.10. The van der Waals surface area contributed by atoms with Crippen molar-refractivity contribution in [1.29, 1.82) is 0 Å². The van der Waals surface area contributed by atoms with Crippen LogP contribution in [0.15, 0.2) is 134 Å². The molecular formula is C49H72O6. The fourth-order valence-corrected chi connectivity index (χ4v) is 4.81. The van der Waals surface area contributed by atoms with Crippen molar-refractivity contribution in [2.75, 3.05) is 13.2 Å². The largest absolute Gasteiger partial charge is 0.462 e. The van der Waals surface area contributed by atoms with Gasteiger partial charge in [0.1, 0.15) is 13.2 Å². The predicted molar refractivity (Wildman–Crippen MR) is 232 cm³/mol. The Morgan fingerprint density at radius 1 is 0.400 bits per heavy atom. The summed E-state index contributed by atoms with van der Waals surface area (Å²) < 4.78 is 16.5. The monoisotopic (exact) mass is 757 g/mol. The summed E-state index contributed by atoms with van der Waals surface area (Å²) in [6.07, 6.45) is 59.0. The van der Waals surface area contributed by atoms with Crippen LogP contribution in [-0.2, 0) is 28.6 Å². The van der Waals surface area contributed by atoms with Gasteiger partial charge in [0.15, 0.2) is 6.10 Å². The van der Waals surface area contributed by atoms with Gasteiger partial charge in [-0.3, -0.25) is 14.4 Å². The molecule has 0 radical (unpaired) electrons. The van der Waals surface area contributed by atoms with E-state index in [9.17, 15) is 14.4 Å². The first kappa shape index (κ1) is 50.5. The summed E-state index contributed by atoms with van der Waals surface area (Å²) in [7, 11) is 0. The van der Waals surface area contributed by atoms with E-state index in [1.807, 2.05) is 72.9 Å². The summed E-state index contributed by atoms with van der Waals surface area (Å²) in [6.45, 7) is 6.03. The van der Waals surface area contributed by atoms with Crippen LogP contribution in [0.2, 0.25) is 0 Å². The number of ether oxygens (including phenoxy) is 3. The Hall–Kier alpha value is -4.45. The topological polar surface area (TPSA) is 78.9 Å². The van der Waals surface area contributed by atoms with Crippen molar-refractivity contribution in [3.63, 3.8) is 0 Å². The zero-order chi connectivity index (χ0) is 40.1. The summed E-state index contributed by atoms with van der Waals surface area (Å²) in [4.78, 5) is 37.5. The minimum atomic E-state index is -0.846. The second-order valence-corrected chi connectivity index (χ2v) is 13.0. The molecule has 0 rings (SSSR count). The van der Waals surface area contributed by atoms with Crippen LogP contribution in [0.4, 0.5) is 0 Å². The molecule has 0 saturated carbocycles. The molecule has 0 aromatic rings. The third kappa shape index (κ3) is 40.6. The van der Waals surface area contributed by atoms with E-state index < -0.39 is 12.1 Å². The molecular weight excluding hydrogens is 685 g/mol. The van der Waals surface area contributed by atoms with Gasteiger partial charge in [0.2, 0.25) is 0 Å². The smallest absolute Gasteiger partial charge is 0.309 e. The Kier molecular flexibility index (Phi) is 38.9. The molecule has 6 nitrogen and oxygen atoms in total. The van der Waals surface area contributed by atoms with Gasteiger partial charge in [-0.25, -0.2) is 0 Å². The van der Waals surface area contributed by atoms with Gasteiger partial charge in [-0.05, 0) is 70.6 Å². The van der Waals surface area contributed by atoms with Gasteiger partial charge in [-0.15, -0.1) is 0 Å². The zero-order valence-electron chi connectivity index (χ0n) is 34.4. The Balaban J connectivity index is 4.59. The SMILES string of the molecule is CC\C=C/C=C\C=C/C=C\CCCCCCCC(=O)OCC(COC(=O)C/C=C\C/C=C\C/C=C\CC)OC(=O)CCCCC\C=C/C=C\C=C/C=C\CC. The first-order valence-electron chi connectivity index (χ1n) is 20.8. The van der Waals surface area contributed by atoms with Crippen LogP contribution in [-0.4, -0.2) is 37.2 Å². The highest BCUT2D eigenvalue weighted by Gasteiger charge is 2.19. The molecule has 1 unspecified atom stereocenters. The third-order valence-corrected chi connectivity index (χ3v) is 7.85. The molecule has 0 bridgehead atoms. The van der Waals surface area contributed by atoms with Gasteiger partial charge >= 0.3 is 17.9 Å². The number of unbranched alkanes of at least 4 members (excludes halogenated alkanes) is 8. The number of hydrogen-bond acceptors (Lipinski definition) is 6. The lowest BCUT2D eigenvalue weighted by Crippen LogP contribution is -2.30. The van der Waals surface area contributed by atoms with Gasteiger partial charge < -0.3 is 14.2 Å². The highest BCUT2D eigenvalue weighted by atomic mass is 16.6. The van der Waals surface area contributed by atoms with Gasteiger partial charge in [-0.1, -0.05) is 180 Å². The standard InChI is InChI=1S/C49H72O6/c1-4-7-10-13-16-19-21-23-24-26-27-30-33-36-39-42-48(51)54-45-46(44-53-47(50)41-38-35-32-29-18-15-12-9-6-3)55-49(52)43-40-37-34-31-28-25-22-20-17-14-11-8-5-2/h7-14,16-25,28-29,35,38,46H,4-6,15,26-27,30-34,36-37,39-45H2,1-3H3/b10-7-,11-8-,12-9-,16-13-,17-14-,21-19-,22-20-,24-23-,28-25-,29-18-,38-35-. The van der Waals surface area contributed by atoms with Crippen LogP contribution in [0.25, 0.3) is 0 Å². The number of carbonyl (C=O) groups is 3. The van der Waals surface area contributed by atoms with E-state index in [0.717, 1.165) is 89.9 Å². The van der Waals surface area contributed by atoms with Crippen molar-refractivity contribution < 1.29 is 28.6 Å². The summed E-state index contributed by atoms with van der Waals surface area (Å²) in [6, 6.07) is 0. The maximum Gasteiger partial charge on any atom is 0.309 e. The fraction of sp³-hybridized carbons (Fsp3) is 0.490. The van der Waals surface area contributed by atoms with Crippen molar-refractivity contribution in [2.24, 2.45) is 0 Å². The molecule has 0 amide bonds. The molecule has 0 aliphatic carbocycles. The van der Waals surface area contributed by atoms with E-state index in [1.165, 1.54) is 0 Å². The van der Waals surface area contributed by atoms with E-state index >= 15 is 0 Å². The number of carbonyl (C=O) groups excluding carboxylic acids is 3. The Bertz CT molecular complexity index is 1280. The van der Waals surface area contributed by atoms with Crippen LogP contribution in [0.1, 0.15) is 136 Å². The molecule has 0 aromatic heterocycles.